The summed E-state index contributed by atoms with van der Waals surface area (Å²) in [5, 5.41) is 16.5. The maximum Gasteiger partial charge on any atom is 0.257 e. The molecule has 0 atom stereocenters. The molecule has 1 N–H and O–H groups in total. The first-order valence-electron chi connectivity index (χ1n) is 9.49. The van der Waals surface area contributed by atoms with E-state index < -0.39 is 0 Å². The molecule has 2 heterocycles. The summed E-state index contributed by atoms with van der Waals surface area (Å²) < 4.78 is 1.54. The normalized spacial score (nSPS) is 13.1. The van der Waals surface area contributed by atoms with Gasteiger partial charge in [0.1, 0.15) is 6.33 Å². The lowest BCUT2D eigenvalue weighted by Gasteiger charge is -2.16. The minimum absolute atomic E-state index is 0.195. The summed E-state index contributed by atoms with van der Waals surface area (Å²) in [6, 6.07) is 13.7. The number of aromatic nitrogens is 5. The van der Waals surface area contributed by atoms with Gasteiger partial charge in [-0.15, -0.1) is 16.4 Å². The Hall–Kier alpha value is -3.39. The molecule has 0 radical (unpaired) electrons. The molecule has 1 amide bonds. The van der Waals surface area contributed by atoms with Gasteiger partial charge in [-0.1, -0.05) is 12.1 Å². The number of fused-ring (bicyclic) bond motifs is 1. The SMILES string of the molecule is O=C(Nc1nc(-c2ccc3c(c2)CCCC3)cs1)c1ccc(-n2cnnn2)cc1. The van der Waals surface area contributed by atoms with E-state index in [0.29, 0.717) is 10.7 Å². The third kappa shape index (κ3) is 3.66. The topological polar surface area (TPSA) is 85.6 Å². The predicted molar refractivity (Wildman–Crippen MR) is 111 cm³/mol. The summed E-state index contributed by atoms with van der Waals surface area (Å²) in [6.45, 7) is 0. The Labute approximate surface area is 171 Å². The fourth-order valence-electron chi connectivity index (χ4n) is 3.57. The second kappa shape index (κ2) is 7.56. The van der Waals surface area contributed by atoms with Crippen LogP contribution in [0.3, 0.4) is 0 Å². The number of nitrogens with one attached hydrogen (secondary N) is 1. The van der Waals surface area contributed by atoms with Gasteiger partial charge in [-0.05, 0) is 77.6 Å². The summed E-state index contributed by atoms with van der Waals surface area (Å²) in [7, 11) is 0. The zero-order valence-corrected chi connectivity index (χ0v) is 16.4. The minimum atomic E-state index is -0.195. The lowest BCUT2D eigenvalue weighted by molar-refractivity contribution is 0.102. The monoisotopic (exact) mass is 402 g/mol. The van der Waals surface area contributed by atoms with Crippen molar-refractivity contribution in [2.45, 2.75) is 25.7 Å². The molecule has 2 aromatic carbocycles. The van der Waals surface area contributed by atoms with Crippen LogP contribution in [0.15, 0.2) is 54.2 Å². The summed E-state index contributed by atoms with van der Waals surface area (Å²) in [5.74, 6) is -0.195. The second-order valence-electron chi connectivity index (χ2n) is 6.98. The van der Waals surface area contributed by atoms with Crippen LogP contribution in [0, 0.1) is 0 Å². The lowest BCUT2D eigenvalue weighted by Crippen LogP contribution is -2.11. The Morgan fingerprint density at radius 2 is 1.86 bits per heavy atom. The molecule has 0 saturated carbocycles. The van der Waals surface area contributed by atoms with Crippen molar-refractivity contribution in [3.63, 3.8) is 0 Å². The van der Waals surface area contributed by atoms with Crippen LogP contribution in [0.5, 0.6) is 0 Å². The lowest BCUT2D eigenvalue weighted by atomic mass is 9.90. The van der Waals surface area contributed by atoms with E-state index in [2.05, 4.69) is 44.0 Å². The highest BCUT2D eigenvalue weighted by Gasteiger charge is 2.13. The quantitative estimate of drug-likeness (QED) is 0.559. The van der Waals surface area contributed by atoms with Gasteiger partial charge in [0, 0.05) is 16.5 Å². The van der Waals surface area contributed by atoms with Gasteiger partial charge >= 0.3 is 0 Å². The van der Waals surface area contributed by atoms with Crippen molar-refractivity contribution < 1.29 is 4.79 Å². The van der Waals surface area contributed by atoms with E-state index in [1.165, 1.54) is 52.7 Å². The number of carbonyl (C=O) groups excluding carboxylic acids is 1. The van der Waals surface area contributed by atoms with Crippen LogP contribution in [-0.4, -0.2) is 31.1 Å². The van der Waals surface area contributed by atoms with Gasteiger partial charge in [0.05, 0.1) is 11.4 Å². The smallest absolute Gasteiger partial charge is 0.257 e. The van der Waals surface area contributed by atoms with Gasteiger partial charge in [-0.2, -0.15) is 0 Å². The van der Waals surface area contributed by atoms with E-state index in [4.69, 9.17) is 0 Å². The Morgan fingerprint density at radius 3 is 2.66 bits per heavy atom. The van der Waals surface area contributed by atoms with Crippen molar-refractivity contribution in [1.29, 1.82) is 0 Å². The van der Waals surface area contributed by atoms with Crippen LogP contribution in [-0.2, 0) is 12.8 Å². The van der Waals surface area contributed by atoms with Crippen molar-refractivity contribution in [1.82, 2.24) is 25.2 Å². The van der Waals surface area contributed by atoms with E-state index >= 15 is 0 Å². The summed E-state index contributed by atoms with van der Waals surface area (Å²) >= 11 is 1.43. The number of hydrogen-bond donors (Lipinski definition) is 1. The number of thiazole rings is 1. The molecule has 0 fully saturated rings. The first kappa shape index (κ1) is 17.7. The molecule has 0 spiro atoms. The molecule has 0 saturated heterocycles. The molecule has 29 heavy (non-hydrogen) atoms. The van der Waals surface area contributed by atoms with Crippen LogP contribution in [0.4, 0.5) is 5.13 Å². The second-order valence-corrected chi connectivity index (χ2v) is 7.84. The summed E-state index contributed by atoms with van der Waals surface area (Å²) in [4.78, 5) is 17.2. The molecule has 5 rings (SSSR count). The molecule has 144 valence electrons. The van der Waals surface area contributed by atoms with Crippen LogP contribution < -0.4 is 5.32 Å². The van der Waals surface area contributed by atoms with Crippen LogP contribution in [0.2, 0.25) is 0 Å². The average Bonchev–Trinajstić information content (AvgIpc) is 3.46. The van der Waals surface area contributed by atoms with Gasteiger partial charge in [0.25, 0.3) is 5.91 Å². The van der Waals surface area contributed by atoms with Crippen molar-refractivity contribution in [2.24, 2.45) is 0 Å². The van der Waals surface area contributed by atoms with Gasteiger partial charge in [0.2, 0.25) is 0 Å². The maximum absolute atomic E-state index is 12.6. The highest BCUT2D eigenvalue weighted by molar-refractivity contribution is 7.14. The van der Waals surface area contributed by atoms with E-state index in [1.54, 1.807) is 24.3 Å². The molecule has 1 aliphatic carbocycles. The van der Waals surface area contributed by atoms with Gasteiger partial charge in [0.15, 0.2) is 5.13 Å². The average molecular weight is 402 g/mol. The zero-order valence-electron chi connectivity index (χ0n) is 15.6. The maximum atomic E-state index is 12.6. The van der Waals surface area contributed by atoms with Crippen LogP contribution >= 0.6 is 11.3 Å². The molecule has 2 aromatic heterocycles. The zero-order chi connectivity index (χ0) is 19.6. The van der Waals surface area contributed by atoms with Gasteiger partial charge < -0.3 is 0 Å². The number of nitrogens with zero attached hydrogens (tertiary/aromatic N) is 5. The number of tetrazole rings is 1. The van der Waals surface area contributed by atoms with Gasteiger partial charge in [-0.3, -0.25) is 10.1 Å². The molecule has 8 heteroatoms. The molecule has 1 aliphatic rings. The molecular formula is C21H18N6OS. The number of carbonyl (C=O) groups is 1. The van der Waals surface area contributed by atoms with E-state index in [1.807, 2.05) is 5.38 Å². The first-order chi connectivity index (χ1) is 14.3. The molecular weight excluding hydrogens is 384 g/mol. The van der Waals surface area contributed by atoms with Crippen molar-refractivity contribution in [2.75, 3.05) is 5.32 Å². The standard InChI is InChI=1S/C21H18N6OS/c28-20(15-7-9-18(10-8-15)27-13-22-25-26-27)24-21-23-19(12-29-21)17-6-5-14-3-1-2-4-16(14)11-17/h5-13H,1-4H2,(H,23,24,28). The Morgan fingerprint density at radius 1 is 1.03 bits per heavy atom. The van der Waals surface area contributed by atoms with E-state index in [9.17, 15) is 4.79 Å². The fourth-order valence-corrected chi connectivity index (χ4v) is 4.29. The minimum Gasteiger partial charge on any atom is -0.298 e. The highest BCUT2D eigenvalue weighted by atomic mass is 32.1. The first-order valence-corrected chi connectivity index (χ1v) is 10.4. The van der Waals surface area contributed by atoms with Gasteiger partial charge in [-0.25, -0.2) is 9.67 Å². The number of aryl methyl sites for hydroxylation is 2. The van der Waals surface area contributed by atoms with E-state index in [0.717, 1.165) is 23.4 Å². The largest absolute Gasteiger partial charge is 0.298 e. The Bertz CT molecular complexity index is 1150. The van der Waals surface area contributed by atoms with Crippen LogP contribution in [0.1, 0.15) is 34.3 Å². The highest BCUT2D eigenvalue weighted by Crippen LogP contribution is 2.29. The van der Waals surface area contributed by atoms with E-state index in [-0.39, 0.29) is 5.91 Å². The summed E-state index contributed by atoms with van der Waals surface area (Å²) in [6.07, 6.45) is 6.33. The fraction of sp³-hybridized carbons (Fsp3) is 0.190. The number of benzene rings is 2. The predicted octanol–water partition coefficient (Wildman–Crippen LogP) is 3.92. The summed E-state index contributed by atoms with van der Waals surface area (Å²) in [5.41, 5.74) is 6.22. The Kier molecular flexibility index (Phi) is 4.61. The molecule has 0 bridgehead atoms. The third-order valence-electron chi connectivity index (χ3n) is 5.11. The number of amides is 1. The number of anilines is 1. The van der Waals surface area contributed by atoms with Crippen molar-refractivity contribution in [3.05, 3.63) is 70.9 Å². The number of hydrogen-bond acceptors (Lipinski definition) is 6. The molecule has 0 unspecified atom stereocenters. The van der Waals surface area contributed by atoms with Crippen molar-refractivity contribution in [3.8, 4) is 16.9 Å². The Balaban J connectivity index is 1.30. The van der Waals surface area contributed by atoms with Crippen molar-refractivity contribution >= 4 is 22.4 Å². The number of rotatable bonds is 4. The third-order valence-corrected chi connectivity index (χ3v) is 5.87. The molecule has 4 aromatic rings. The van der Waals surface area contributed by atoms with Crippen LogP contribution in [0.25, 0.3) is 16.9 Å². The molecule has 7 nitrogen and oxygen atoms in total. The molecule has 0 aliphatic heterocycles.